The summed E-state index contributed by atoms with van der Waals surface area (Å²) < 4.78 is 12.1. The second kappa shape index (κ2) is 14.7. The molecule has 1 fully saturated rings. The number of carbonyl (C=O) groups excluding carboxylic acids is 1. The summed E-state index contributed by atoms with van der Waals surface area (Å²) in [6, 6.07) is 22.9. The van der Waals surface area contributed by atoms with E-state index in [9.17, 15) is 14.7 Å². The molecule has 8 nitrogen and oxygen atoms in total. The van der Waals surface area contributed by atoms with Gasteiger partial charge in [-0.3, -0.25) is 5.01 Å². The number of hydrazine groups is 1. The summed E-state index contributed by atoms with van der Waals surface area (Å²) in [5, 5.41) is 11.7. The SMILES string of the molecule is COc1cc(C(C=C=O)NN(c2ccc(-c3ccccc3)c(C)c2OC)c2c(C)cccc2N2CCCCC2)c(Br)cc1C(=O)O. The van der Waals surface area contributed by atoms with Gasteiger partial charge < -0.3 is 19.5 Å². The number of piperidine rings is 1. The molecule has 2 N–H and O–H groups in total. The van der Waals surface area contributed by atoms with Crippen LogP contribution in [0.1, 0.15) is 52.4 Å². The first-order chi connectivity index (χ1) is 22.3. The second-order valence-electron chi connectivity index (χ2n) is 11.3. The van der Waals surface area contributed by atoms with Gasteiger partial charge in [-0.1, -0.05) is 64.5 Å². The predicted octanol–water partition coefficient (Wildman–Crippen LogP) is 8.21. The zero-order chi connectivity index (χ0) is 32.8. The Morgan fingerprint density at radius 3 is 2.39 bits per heavy atom. The summed E-state index contributed by atoms with van der Waals surface area (Å²) in [7, 11) is 3.08. The van der Waals surface area contributed by atoms with E-state index in [0.29, 0.717) is 15.8 Å². The average Bonchev–Trinajstić information content (AvgIpc) is 3.07. The maximum absolute atomic E-state index is 12.0. The van der Waals surface area contributed by atoms with E-state index in [4.69, 9.17) is 9.47 Å². The molecule has 238 valence electrons. The minimum atomic E-state index is -1.12. The number of halogens is 1. The van der Waals surface area contributed by atoms with Crippen LogP contribution in [0.5, 0.6) is 11.5 Å². The normalized spacial score (nSPS) is 13.5. The molecule has 9 heteroatoms. The molecular formula is C37H38BrN3O5. The smallest absolute Gasteiger partial charge is 0.339 e. The highest BCUT2D eigenvalue weighted by Crippen LogP contribution is 2.45. The lowest BCUT2D eigenvalue weighted by atomic mass is 9.98. The van der Waals surface area contributed by atoms with Crippen LogP contribution in [0.4, 0.5) is 17.1 Å². The van der Waals surface area contributed by atoms with E-state index < -0.39 is 12.0 Å². The van der Waals surface area contributed by atoms with Crippen LogP contribution in [0.25, 0.3) is 11.1 Å². The Labute approximate surface area is 278 Å². The Morgan fingerprint density at radius 1 is 1.00 bits per heavy atom. The van der Waals surface area contributed by atoms with Crippen molar-refractivity contribution in [1.82, 2.24) is 5.43 Å². The van der Waals surface area contributed by atoms with E-state index in [-0.39, 0.29) is 11.3 Å². The van der Waals surface area contributed by atoms with Crippen molar-refractivity contribution < 1.29 is 24.2 Å². The summed E-state index contributed by atoms with van der Waals surface area (Å²) in [6.45, 7) is 5.98. The standard InChI is InChI=1S/C37H38BrN3O5/c1-24-12-11-15-32(40-19-9-6-10-20-40)35(24)41(33-17-16-27(25(2)36(33)46-4)26-13-7-5-8-14-26)39-31(18-21-42)28-23-34(45-3)29(37(43)44)22-30(28)38/h5,7-8,11-18,22-23,31,39H,6,9-10,19-20H2,1-4H3,(H,43,44). The fraction of sp³-hybridized carbons (Fsp3) is 0.270. The molecule has 0 saturated carbocycles. The Bertz CT molecular complexity index is 1770. The number of nitrogens with zero attached hydrogens (tertiary/aromatic N) is 2. The molecule has 46 heavy (non-hydrogen) atoms. The maximum atomic E-state index is 12.0. The Kier molecular flexibility index (Phi) is 10.5. The largest absolute Gasteiger partial charge is 0.496 e. The number of ether oxygens (including phenoxy) is 2. The van der Waals surface area contributed by atoms with Gasteiger partial charge in [-0.05, 0) is 79.6 Å². The number of benzene rings is 4. The summed E-state index contributed by atoms with van der Waals surface area (Å²) in [4.78, 5) is 26.4. The van der Waals surface area contributed by atoms with Crippen LogP contribution in [0.15, 0.2) is 83.3 Å². The number of nitrogens with one attached hydrogen (secondary N) is 1. The first kappa shape index (κ1) is 32.8. The molecule has 1 heterocycles. The zero-order valence-electron chi connectivity index (χ0n) is 26.5. The topological polar surface area (TPSA) is 91.3 Å². The molecule has 1 unspecified atom stereocenters. The molecule has 1 aliphatic rings. The number of para-hydroxylation sites is 1. The third-order valence-electron chi connectivity index (χ3n) is 8.44. The minimum Gasteiger partial charge on any atom is -0.496 e. The fourth-order valence-corrected chi connectivity index (χ4v) is 6.76. The summed E-state index contributed by atoms with van der Waals surface area (Å²) in [5.41, 5.74) is 11.0. The van der Waals surface area contributed by atoms with Gasteiger partial charge in [0.25, 0.3) is 0 Å². The molecular weight excluding hydrogens is 646 g/mol. The van der Waals surface area contributed by atoms with Crippen LogP contribution < -0.4 is 24.8 Å². The van der Waals surface area contributed by atoms with Crippen LogP contribution in [0, 0.1) is 13.8 Å². The third kappa shape index (κ3) is 6.67. The average molecular weight is 685 g/mol. The number of anilines is 3. The number of carboxylic acid groups (broad SMARTS) is 1. The van der Waals surface area contributed by atoms with Crippen LogP contribution >= 0.6 is 15.9 Å². The molecule has 1 aliphatic heterocycles. The molecule has 1 atom stereocenters. The minimum absolute atomic E-state index is 0.00361. The number of hydrogen-bond donors (Lipinski definition) is 2. The Hall–Kier alpha value is -4.56. The van der Waals surface area contributed by atoms with Crippen molar-refractivity contribution in [3.8, 4) is 22.6 Å². The second-order valence-corrected chi connectivity index (χ2v) is 12.1. The molecule has 0 aromatic heterocycles. The maximum Gasteiger partial charge on any atom is 0.339 e. The lowest BCUT2D eigenvalue weighted by Crippen LogP contribution is -2.39. The monoisotopic (exact) mass is 683 g/mol. The highest BCUT2D eigenvalue weighted by molar-refractivity contribution is 9.10. The molecule has 0 spiro atoms. The quantitative estimate of drug-likeness (QED) is 0.121. The van der Waals surface area contributed by atoms with Crippen molar-refractivity contribution in [2.75, 3.05) is 37.2 Å². The number of aryl methyl sites for hydroxylation is 1. The van der Waals surface area contributed by atoms with Gasteiger partial charge in [0.1, 0.15) is 28.7 Å². The first-order valence-corrected chi connectivity index (χ1v) is 16.0. The van der Waals surface area contributed by atoms with E-state index in [1.54, 1.807) is 13.2 Å². The fourth-order valence-electron chi connectivity index (χ4n) is 6.17. The molecule has 0 radical (unpaired) electrons. The Morgan fingerprint density at radius 2 is 1.74 bits per heavy atom. The van der Waals surface area contributed by atoms with Gasteiger partial charge in [0.2, 0.25) is 0 Å². The van der Waals surface area contributed by atoms with E-state index >= 15 is 0 Å². The van der Waals surface area contributed by atoms with Crippen LogP contribution in [0.3, 0.4) is 0 Å². The summed E-state index contributed by atoms with van der Waals surface area (Å²) >= 11 is 3.56. The third-order valence-corrected chi connectivity index (χ3v) is 9.13. The van der Waals surface area contributed by atoms with E-state index in [1.807, 2.05) is 42.1 Å². The lowest BCUT2D eigenvalue weighted by molar-refractivity contribution is 0.0693. The highest BCUT2D eigenvalue weighted by Gasteiger charge is 2.28. The van der Waals surface area contributed by atoms with Gasteiger partial charge in [-0.15, -0.1) is 0 Å². The van der Waals surface area contributed by atoms with Crippen molar-refractivity contribution in [3.63, 3.8) is 0 Å². The van der Waals surface area contributed by atoms with Crippen LogP contribution in [-0.2, 0) is 4.79 Å². The Balaban J connectivity index is 1.74. The van der Waals surface area contributed by atoms with Gasteiger partial charge in [0, 0.05) is 29.2 Å². The van der Waals surface area contributed by atoms with Crippen molar-refractivity contribution in [1.29, 1.82) is 0 Å². The van der Waals surface area contributed by atoms with Gasteiger partial charge in [-0.25, -0.2) is 15.0 Å². The highest BCUT2D eigenvalue weighted by atomic mass is 79.9. The number of methoxy groups -OCH3 is 2. The van der Waals surface area contributed by atoms with Crippen molar-refractivity contribution in [2.45, 2.75) is 39.2 Å². The number of aromatic carboxylic acids is 1. The number of rotatable bonds is 11. The van der Waals surface area contributed by atoms with Gasteiger partial charge in [0.05, 0.1) is 31.6 Å². The van der Waals surface area contributed by atoms with Gasteiger partial charge >= 0.3 is 5.97 Å². The van der Waals surface area contributed by atoms with Gasteiger partial charge in [0.15, 0.2) is 0 Å². The predicted molar refractivity (Wildman–Crippen MR) is 186 cm³/mol. The molecule has 1 saturated heterocycles. The number of carboxylic acids is 1. The number of hydrogen-bond acceptors (Lipinski definition) is 7. The molecule has 0 aliphatic carbocycles. The summed E-state index contributed by atoms with van der Waals surface area (Å²) in [5.74, 6) is 1.69. The van der Waals surface area contributed by atoms with Crippen molar-refractivity contribution >= 4 is 44.9 Å². The molecule has 4 aromatic rings. The lowest BCUT2D eigenvalue weighted by Gasteiger charge is -2.37. The molecule has 4 aromatic carbocycles. The van der Waals surface area contributed by atoms with Gasteiger partial charge in [-0.2, -0.15) is 0 Å². The van der Waals surface area contributed by atoms with Crippen LogP contribution in [-0.4, -0.2) is 44.3 Å². The van der Waals surface area contributed by atoms with E-state index in [2.05, 4.69) is 69.6 Å². The molecule has 0 bridgehead atoms. The molecule has 5 rings (SSSR count). The van der Waals surface area contributed by atoms with E-state index in [0.717, 1.165) is 65.2 Å². The first-order valence-electron chi connectivity index (χ1n) is 15.2. The summed E-state index contributed by atoms with van der Waals surface area (Å²) in [6.07, 6.45) is 4.79. The van der Waals surface area contributed by atoms with Crippen molar-refractivity contribution in [2.24, 2.45) is 0 Å². The molecule has 0 amide bonds. The number of carbonyl (C=O) groups is 1. The zero-order valence-corrected chi connectivity index (χ0v) is 28.1. The van der Waals surface area contributed by atoms with Crippen LogP contribution in [0.2, 0.25) is 0 Å². The van der Waals surface area contributed by atoms with E-state index in [1.165, 1.54) is 25.7 Å². The van der Waals surface area contributed by atoms with Crippen molar-refractivity contribution in [3.05, 3.63) is 106 Å².